The van der Waals surface area contributed by atoms with Crippen LogP contribution in [0.5, 0.6) is 23.0 Å². The Kier molecular flexibility index (Phi) is 23.6. The van der Waals surface area contributed by atoms with E-state index in [9.17, 15) is 9.59 Å². The Morgan fingerprint density at radius 2 is 0.606 bits per heavy atom. The van der Waals surface area contributed by atoms with Gasteiger partial charge in [-0.3, -0.25) is 9.59 Å². The zero-order chi connectivity index (χ0) is 70.0. The number of rotatable bonds is 37. The fourth-order valence-corrected chi connectivity index (χ4v) is 21.3. The minimum Gasteiger partial charge on any atom is -0.455 e. The van der Waals surface area contributed by atoms with Crippen molar-refractivity contribution in [1.29, 1.82) is 0 Å². The highest BCUT2D eigenvalue weighted by Crippen LogP contribution is 2.51. The fraction of sp³-hybridized carbons (Fsp3) is 0.583. The number of fused-ring (bicyclic) bond motifs is 8. The molecule has 104 heavy (non-hydrogen) atoms. The van der Waals surface area contributed by atoms with Gasteiger partial charge in [0.2, 0.25) is 10.7 Å². The van der Waals surface area contributed by atoms with Crippen LogP contribution in [0.2, 0.25) is 0 Å². The molecule has 6 aromatic carbocycles. The van der Waals surface area contributed by atoms with Crippen LogP contribution in [0.15, 0.2) is 72.8 Å². The van der Waals surface area contributed by atoms with E-state index in [0.29, 0.717) is 24.4 Å². The van der Waals surface area contributed by atoms with Gasteiger partial charge in [-0.1, -0.05) is 228 Å². The maximum atomic E-state index is 14.5. The van der Waals surface area contributed by atoms with Gasteiger partial charge in [0.05, 0.1) is 11.1 Å². The molecule has 0 spiro atoms. The molecular formula is C96H124N4O4+2. The highest BCUT2D eigenvalue weighted by Gasteiger charge is 2.39. The molecule has 0 unspecified atom stereocenters. The molecule has 0 saturated carbocycles. The smallest absolute Gasteiger partial charge is 0.210 e. The molecule has 6 aromatic rings. The summed E-state index contributed by atoms with van der Waals surface area (Å²) in [5.41, 5.74) is 23.3. The summed E-state index contributed by atoms with van der Waals surface area (Å²) in [4.78, 5) is 34.2. The van der Waals surface area contributed by atoms with E-state index in [-0.39, 0.29) is 0 Å². The number of nitrogens with zero attached hydrogens (tertiary/aromatic N) is 4. The number of carbonyl (C=O) groups excluding carboxylic acids is 2. The van der Waals surface area contributed by atoms with Gasteiger partial charge in [-0.2, -0.15) is 0 Å². The molecule has 10 aliphatic heterocycles. The number of anilines is 2. The Balaban J connectivity index is 0.384. The second-order valence-corrected chi connectivity index (χ2v) is 33.7. The lowest BCUT2D eigenvalue weighted by atomic mass is 9.81. The fourth-order valence-electron chi connectivity index (χ4n) is 21.3. The van der Waals surface area contributed by atoms with Crippen LogP contribution in [-0.2, 0) is 51.4 Å². The van der Waals surface area contributed by atoms with E-state index in [1.54, 1.807) is 0 Å². The molecule has 10 heterocycles. The highest BCUT2D eigenvalue weighted by molar-refractivity contribution is 6.05. The molecule has 0 amide bonds. The Hall–Kier alpha value is -6.80. The van der Waals surface area contributed by atoms with Gasteiger partial charge in [0.1, 0.15) is 49.2 Å². The number of aryl methyl sites for hydroxylation is 4. The van der Waals surface area contributed by atoms with E-state index < -0.39 is 0 Å². The maximum absolute atomic E-state index is 14.5. The van der Waals surface area contributed by atoms with Gasteiger partial charge in [-0.25, -0.2) is 9.15 Å². The van der Waals surface area contributed by atoms with Crippen LogP contribution < -0.4 is 49.6 Å². The lowest BCUT2D eigenvalue weighted by Gasteiger charge is -2.39. The number of benzene rings is 6. The number of hydrogen-bond acceptors (Lipinski definition) is 6. The normalized spacial score (nSPS) is 17.1. The lowest BCUT2D eigenvalue weighted by Crippen LogP contribution is -2.45. The molecule has 8 nitrogen and oxygen atoms in total. The van der Waals surface area contributed by atoms with Crippen molar-refractivity contribution in [3.63, 3.8) is 0 Å². The summed E-state index contributed by atoms with van der Waals surface area (Å²) in [7, 11) is 0. The number of ketones is 2. The summed E-state index contributed by atoms with van der Waals surface area (Å²) in [5.74, 6) is 4.90. The third-order valence-electron chi connectivity index (χ3n) is 26.4. The lowest BCUT2D eigenvalue weighted by molar-refractivity contribution is 0.0970. The Morgan fingerprint density at radius 1 is 0.308 bits per heavy atom. The quantitative estimate of drug-likeness (QED) is 0.0220. The third kappa shape index (κ3) is 15.4. The van der Waals surface area contributed by atoms with Crippen LogP contribution in [0, 0.1) is 0 Å². The average Bonchev–Trinajstić information content (AvgIpc) is 0.715. The van der Waals surface area contributed by atoms with Crippen molar-refractivity contribution >= 4 is 34.1 Å². The van der Waals surface area contributed by atoms with Crippen LogP contribution in [0.3, 0.4) is 0 Å². The van der Waals surface area contributed by atoms with Gasteiger partial charge in [-0.05, 0) is 136 Å². The minimum atomic E-state index is 0.299. The monoisotopic (exact) mass is 1400 g/mol. The van der Waals surface area contributed by atoms with Gasteiger partial charge >= 0.3 is 0 Å². The highest BCUT2D eigenvalue weighted by atomic mass is 16.5. The van der Waals surface area contributed by atoms with Crippen molar-refractivity contribution in [2.45, 2.75) is 308 Å². The van der Waals surface area contributed by atoms with Gasteiger partial charge in [0.15, 0.2) is 11.6 Å². The van der Waals surface area contributed by atoms with Gasteiger partial charge in [0, 0.05) is 142 Å². The first-order chi connectivity index (χ1) is 51.5. The van der Waals surface area contributed by atoms with Crippen LogP contribution in [0.1, 0.15) is 344 Å². The molecule has 0 N–H and O–H groups in total. The van der Waals surface area contributed by atoms with E-state index in [1.165, 1.54) is 318 Å². The first kappa shape index (κ1) is 71.5. The van der Waals surface area contributed by atoms with E-state index in [0.717, 1.165) is 175 Å². The van der Waals surface area contributed by atoms with Gasteiger partial charge in [-0.15, -0.1) is 0 Å². The van der Waals surface area contributed by atoms with Crippen molar-refractivity contribution in [2.24, 2.45) is 0 Å². The van der Waals surface area contributed by atoms with Crippen LogP contribution in [-0.4, -0.2) is 63.9 Å². The molecule has 0 aliphatic carbocycles. The zero-order valence-electron chi connectivity index (χ0n) is 63.9. The molecule has 10 aliphatic rings. The summed E-state index contributed by atoms with van der Waals surface area (Å²) in [6.07, 6.45) is 59.6. The van der Waals surface area contributed by atoms with Gasteiger partial charge < -0.3 is 19.3 Å². The second kappa shape index (κ2) is 34.4. The maximum Gasteiger partial charge on any atom is 0.210 e. The second-order valence-electron chi connectivity index (χ2n) is 33.7. The number of carbonyl (C=O) groups is 2. The molecule has 0 atom stereocenters. The molecule has 0 fully saturated rings. The Labute approximate surface area is 623 Å². The topological polar surface area (TPSA) is 65.1 Å². The molecule has 0 radical (unpaired) electrons. The molecule has 550 valence electrons. The SMILES string of the molecule is O=C(CCCCCCCCCCCCCCCCCCCCCCCCCCCCCCCCC(=O)c1ccccc1C1=c2cc3c4c(c2Oc2c1cc1c5c2CCCN5CCC1)CCC[N+]=4CCC3)c1ccccc1C1=c2cc3c4c(c2Oc2c1cc1c5c2CCCN5CCC1)CCC[N+]=4CCC3. The van der Waals surface area contributed by atoms with Crippen molar-refractivity contribution in [2.75, 3.05) is 62.2 Å². The predicted molar refractivity (Wildman–Crippen MR) is 430 cm³/mol. The number of Topliss-reactive ketones (excluding diaryl/α,β-unsaturated/α-hetero) is 2. The van der Waals surface area contributed by atoms with E-state index in [4.69, 9.17) is 9.47 Å². The minimum absolute atomic E-state index is 0.299. The van der Waals surface area contributed by atoms with Crippen molar-refractivity contribution in [3.8, 4) is 23.0 Å². The molecule has 16 rings (SSSR count). The summed E-state index contributed by atoms with van der Waals surface area (Å²) in [5, 5.41) is 5.34. The van der Waals surface area contributed by atoms with Crippen molar-refractivity contribution in [3.05, 3.63) is 172 Å². The third-order valence-corrected chi connectivity index (χ3v) is 26.4. The average molecular weight is 1400 g/mol. The number of unbranched alkanes of at least 4 members (excludes halogenated alkanes) is 29. The zero-order valence-corrected chi connectivity index (χ0v) is 63.9. The summed E-state index contributed by atoms with van der Waals surface area (Å²) in [6.45, 7) is 9.15. The van der Waals surface area contributed by atoms with Crippen molar-refractivity contribution in [1.82, 2.24) is 9.15 Å². The first-order valence-electron chi connectivity index (χ1n) is 43.6. The van der Waals surface area contributed by atoms with E-state index in [1.807, 2.05) is 0 Å². The largest absolute Gasteiger partial charge is 0.455 e. The Morgan fingerprint density at radius 3 is 0.962 bits per heavy atom. The number of ether oxygens (including phenoxy) is 2. The predicted octanol–water partition coefficient (Wildman–Crippen LogP) is 20.1. The van der Waals surface area contributed by atoms with Crippen LogP contribution in [0.4, 0.5) is 11.4 Å². The standard InChI is InChI=1S/C96H124N4O4/c101-85(73-47-31-33-49-75(73)87-81-65-69-43-35-57-97-61-39-51-77(89(69)97)93(81)103-94-78-52-40-62-98-58-36-44-70(90(78)98)66-82(87)94)55-29-27-25-23-21-19-17-15-13-11-9-7-5-3-1-2-4-6-8-10-12-14-16-18-20-22-24-26-28-30-56-86(102)74-48-32-34-50-76(74)88-83-67-71-45-37-59-99-63-41-53-79(91(71)99)95(83)104-96-80-54-42-64-100-60-38-46-72(92(80)100)68-84(88)96/h31-34,47-50,65-68H,1-30,35-46,51-64H2/q+2. The van der Waals surface area contributed by atoms with E-state index >= 15 is 0 Å². The number of hydrogen-bond donors (Lipinski definition) is 0. The first-order valence-corrected chi connectivity index (χ1v) is 43.6. The molecule has 0 aromatic heterocycles. The summed E-state index contributed by atoms with van der Waals surface area (Å²) < 4.78 is 19.9. The van der Waals surface area contributed by atoms with E-state index in [2.05, 4.69) is 91.7 Å². The van der Waals surface area contributed by atoms with Crippen LogP contribution in [0.25, 0.3) is 11.1 Å². The Bertz CT molecular complexity index is 4110. The molecule has 0 bridgehead atoms. The van der Waals surface area contributed by atoms with Crippen molar-refractivity contribution < 1.29 is 19.1 Å². The van der Waals surface area contributed by atoms with Gasteiger partial charge in [0.25, 0.3) is 0 Å². The molecular weight excluding hydrogens is 1270 g/mol. The molecule has 0 saturated heterocycles. The summed E-state index contributed by atoms with van der Waals surface area (Å²) in [6, 6.07) is 27.2. The molecule has 8 heteroatoms. The summed E-state index contributed by atoms with van der Waals surface area (Å²) >= 11 is 0. The van der Waals surface area contributed by atoms with Crippen LogP contribution >= 0.6 is 0 Å².